The molecule has 1 aliphatic heterocycles. The van der Waals surface area contributed by atoms with Gasteiger partial charge in [-0.05, 0) is 33.1 Å². The molecule has 0 saturated heterocycles. The Hall–Kier alpha value is -3.34. The van der Waals surface area contributed by atoms with Gasteiger partial charge in [0.05, 0.1) is 29.0 Å². The van der Waals surface area contributed by atoms with Crippen molar-refractivity contribution in [2.75, 3.05) is 27.4 Å². The molecule has 11 nitrogen and oxygen atoms in total. The lowest BCUT2D eigenvalue weighted by molar-refractivity contribution is -0.385. The van der Waals surface area contributed by atoms with E-state index in [4.69, 9.17) is 9.47 Å². The molecule has 0 fully saturated rings. The molecule has 0 saturated carbocycles. The molecule has 0 amide bonds. The molecular weight excluding hydrogens is 358 g/mol. The molecule has 27 heavy (non-hydrogen) atoms. The molecule has 2 aromatic rings. The lowest BCUT2D eigenvalue weighted by atomic mass is 10.1. The Kier molecular flexibility index (Phi) is 5.12. The van der Waals surface area contributed by atoms with Crippen LogP contribution in [0.4, 0.5) is 5.69 Å². The summed E-state index contributed by atoms with van der Waals surface area (Å²) < 4.78 is 12.5. The van der Waals surface area contributed by atoms with Gasteiger partial charge in [-0.2, -0.15) is 9.78 Å². The van der Waals surface area contributed by atoms with Crippen LogP contribution in [0.3, 0.4) is 0 Å². The van der Waals surface area contributed by atoms with Crippen molar-refractivity contribution in [2.24, 2.45) is 5.10 Å². The van der Waals surface area contributed by atoms with Crippen LogP contribution in [0.2, 0.25) is 0 Å². The Morgan fingerprint density at radius 2 is 2.07 bits per heavy atom. The maximum absolute atomic E-state index is 12.4. The van der Waals surface area contributed by atoms with Crippen molar-refractivity contribution in [2.45, 2.75) is 13.0 Å². The highest BCUT2D eigenvalue weighted by molar-refractivity contribution is 5.87. The van der Waals surface area contributed by atoms with E-state index in [1.165, 1.54) is 22.9 Å². The maximum Gasteiger partial charge on any atom is 0.351 e. The molecule has 2 heterocycles. The van der Waals surface area contributed by atoms with E-state index in [1.807, 2.05) is 19.0 Å². The number of hydrogen-bond acceptors (Lipinski definition) is 8. The van der Waals surface area contributed by atoms with Gasteiger partial charge in [0.15, 0.2) is 11.5 Å². The number of aromatic hydroxyl groups is 1. The fourth-order valence-corrected chi connectivity index (χ4v) is 2.63. The largest absolute Gasteiger partial charge is 0.493 e. The zero-order chi connectivity index (χ0) is 19.6. The first kappa shape index (κ1) is 18.5. The number of nitro groups is 1. The van der Waals surface area contributed by atoms with Crippen LogP contribution < -0.4 is 15.2 Å². The van der Waals surface area contributed by atoms with E-state index < -0.39 is 10.6 Å². The van der Waals surface area contributed by atoms with E-state index in [0.717, 1.165) is 17.4 Å². The second-order valence-electron chi connectivity index (χ2n) is 6.19. The quantitative estimate of drug-likeness (QED) is 0.430. The van der Waals surface area contributed by atoms with Crippen molar-refractivity contribution in [3.8, 4) is 17.4 Å². The van der Waals surface area contributed by atoms with Crippen LogP contribution in [0.1, 0.15) is 12.0 Å². The highest BCUT2D eigenvalue weighted by atomic mass is 16.7. The molecule has 1 aromatic carbocycles. The van der Waals surface area contributed by atoms with Gasteiger partial charge in [0.25, 0.3) is 5.69 Å². The van der Waals surface area contributed by atoms with Crippen LogP contribution in [0.5, 0.6) is 17.4 Å². The third kappa shape index (κ3) is 3.92. The summed E-state index contributed by atoms with van der Waals surface area (Å²) in [4.78, 5) is 25.0. The zero-order valence-electron chi connectivity index (χ0n) is 14.9. The van der Waals surface area contributed by atoms with E-state index in [1.54, 1.807) is 0 Å². The van der Waals surface area contributed by atoms with Crippen molar-refractivity contribution in [1.82, 2.24) is 14.1 Å². The summed E-state index contributed by atoms with van der Waals surface area (Å²) in [6, 6.07) is 2.67. The van der Waals surface area contributed by atoms with Crippen LogP contribution in [0.25, 0.3) is 0 Å². The average Bonchev–Trinajstić information content (AvgIpc) is 3.17. The van der Waals surface area contributed by atoms with Gasteiger partial charge in [0, 0.05) is 6.54 Å². The minimum absolute atomic E-state index is 0.0176. The second-order valence-corrected chi connectivity index (χ2v) is 6.19. The van der Waals surface area contributed by atoms with E-state index in [9.17, 15) is 20.0 Å². The van der Waals surface area contributed by atoms with Gasteiger partial charge in [0.1, 0.15) is 0 Å². The Morgan fingerprint density at radius 1 is 1.37 bits per heavy atom. The Morgan fingerprint density at radius 3 is 2.74 bits per heavy atom. The van der Waals surface area contributed by atoms with Gasteiger partial charge in [-0.15, -0.1) is 0 Å². The number of nitrogens with zero attached hydrogens (tertiary/aromatic N) is 5. The van der Waals surface area contributed by atoms with Gasteiger partial charge < -0.3 is 19.5 Å². The van der Waals surface area contributed by atoms with Gasteiger partial charge in [-0.25, -0.2) is 4.79 Å². The van der Waals surface area contributed by atoms with Gasteiger partial charge >= 0.3 is 5.69 Å². The summed E-state index contributed by atoms with van der Waals surface area (Å²) in [6.45, 7) is 1.06. The monoisotopic (exact) mass is 377 g/mol. The molecule has 3 rings (SSSR count). The third-order valence-electron chi connectivity index (χ3n) is 3.97. The first-order valence-corrected chi connectivity index (χ1v) is 8.15. The average molecular weight is 377 g/mol. The van der Waals surface area contributed by atoms with Crippen molar-refractivity contribution < 1.29 is 19.5 Å². The molecule has 0 radical (unpaired) electrons. The number of imidazole rings is 1. The first-order valence-electron chi connectivity index (χ1n) is 8.15. The molecule has 1 aliphatic rings. The fourth-order valence-electron chi connectivity index (χ4n) is 2.63. The van der Waals surface area contributed by atoms with Crippen molar-refractivity contribution >= 4 is 11.9 Å². The predicted octanol–water partition coefficient (Wildman–Crippen LogP) is 0.826. The highest BCUT2D eigenvalue weighted by Crippen LogP contribution is 2.37. The molecule has 11 heteroatoms. The number of fused-ring (bicyclic) bond motifs is 1. The van der Waals surface area contributed by atoms with Crippen LogP contribution >= 0.6 is 0 Å². The van der Waals surface area contributed by atoms with Crippen LogP contribution in [-0.2, 0) is 6.54 Å². The van der Waals surface area contributed by atoms with Crippen molar-refractivity contribution in [3.05, 3.63) is 44.5 Å². The molecule has 0 aliphatic carbocycles. The molecule has 144 valence electrons. The zero-order valence-corrected chi connectivity index (χ0v) is 14.9. The van der Waals surface area contributed by atoms with Crippen LogP contribution in [-0.4, -0.2) is 57.8 Å². The van der Waals surface area contributed by atoms with Crippen molar-refractivity contribution in [3.63, 3.8) is 0 Å². The molecule has 1 aromatic heterocycles. The molecule has 0 spiro atoms. The minimum atomic E-state index is -0.573. The third-order valence-corrected chi connectivity index (χ3v) is 3.97. The summed E-state index contributed by atoms with van der Waals surface area (Å²) in [5, 5.41) is 25.2. The summed E-state index contributed by atoms with van der Waals surface area (Å²) in [6.07, 6.45) is 3.00. The number of aromatic nitrogens is 2. The van der Waals surface area contributed by atoms with Gasteiger partial charge in [-0.3, -0.25) is 14.7 Å². The first-order chi connectivity index (χ1) is 12.9. The Bertz CT molecular complexity index is 946. The topological polar surface area (TPSA) is 124 Å². The summed E-state index contributed by atoms with van der Waals surface area (Å²) >= 11 is 0. The SMILES string of the molecule is CN(C)CCCn1c(O)cn(N=Cc2cc3c(cc2[N+](=O)[O-])OCO3)c1=O. The molecular formula is C16H19N5O6. The van der Waals surface area contributed by atoms with E-state index >= 15 is 0 Å². The molecule has 1 N–H and O–H groups in total. The molecule has 0 bridgehead atoms. The summed E-state index contributed by atoms with van der Waals surface area (Å²) in [5.41, 5.74) is -0.618. The Balaban J connectivity index is 1.87. The van der Waals surface area contributed by atoms with Crippen LogP contribution in [0.15, 0.2) is 28.2 Å². The number of nitro benzene ring substituents is 1. The second kappa shape index (κ2) is 7.50. The fraction of sp³-hybridized carbons (Fsp3) is 0.375. The highest BCUT2D eigenvalue weighted by Gasteiger charge is 2.22. The van der Waals surface area contributed by atoms with Crippen molar-refractivity contribution in [1.29, 1.82) is 0 Å². The van der Waals surface area contributed by atoms with E-state index in [-0.39, 0.29) is 29.7 Å². The number of rotatable bonds is 7. The standard InChI is InChI=1S/C16H19N5O6/c1-18(2)4-3-5-19-15(22)9-20(16(19)23)17-8-11-6-13-14(27-10-26-13)7-12(11)21(24)25/h6-9,22H,3-5,10H2,1-2H3. The number of ether oxygens (including phenoxy) is 2. The Labute approximate surface area is 153 Å². The number of benzene rings is 1. The minimum Gasteiger partial charge on any atom is -0.493 e. The van der Waals surface area contributed by atoms with Gasteiger partial charge in [0.2, 0.25) is 12.7 Å². The smallest absolute Gasteiger partial charge is 0.351 e. The predicted molar refractivity (Wildman–Crippen MR) is 95.7 cm³/mol. The van der Waals surface area contributed by atoms with E-state index in [0.29, 0.717) is 18.7 Å². The lowest BCUT2D eigenvalue weighted by Gasteiger charge is -2.09. The molecule has 0 unspecified atom stereocenters. The normalized spacial score (nSPS) is 13.0. The molecule has 0 atom stereocenters. The van der Waals surface area contributed by atoms with E-state index in [2.05, 4.69) is 5.10 Å². The summed E-state index contributed by atoms with van der Waals surface area (Å²) in [5.74, 6) is 0.412. The number of hydrogen-bond donors (Lipinski definition) is 1. The lowest BCUT2D eigenvalue weighted by Crippen LogP contribution is -2.24. The van der Waals surface area contributed by atoms with Gasteiger partial charge in [-0.1, -0.05) is 0 Å². The summed E-state index contributed by atoms with van der Waals surface area (Å²) in [7, 11) is 3.83. The van der Waals surface area contributed by atoms with Crippen LogP contribution in [0, 0.1) is 10.1 Å². The maximum atomic E-state index is 12.4.